The van der Waals surface area contributed by atoms with Gasteiger partial charge in [0.25, 0.3) is 0 Å². The highest BCUT2D eigenvalue weighted by Crippen LogP contribution is 2.34. The molecule has 3 rings (SSSR count). The molecule has 122 valence electrons. The lowest BCUT2D eigenvalue weighted by Gasteiger charge is -2.49. The van der Waals surface area contributed by atoms with Crippen LogP contribution in [0.15, 0.2) is 0 Å². The zero-order chi connectivity index (χ0) is 15.1. The predicted octanol–water partition coefficient (Wildman–Crippen LogP) is 2.03. The van der Waals surface area contributed by atoms with Gasteiger partial charge in [-0.1, -0.05) is 0 Å². The fraction of sp³-hybridized carbons (Fsp3) is 1.00. The molecule has 0 aromatic heterocycles. The number of ether oxygens (including phenoxy) is 2. The minimum Gasteiger partial charge on any atom is -0.381 e. The van der Waals surface area contributed by atoms with Gasteiger partial charge < -0.3 is 14.8 Å². The van der Waals surface area contributed by atoms with Crippen LogP contribution in [0, 0.1) is 5.41 Å². The van der Waals surface area contributed by atoms with E-state index in [9.17, 15) is 0 Å². The maximum absolute atomic E-state index is 6.21. The van der Waals surface area contributed by atoms with Crippen LogP contribution in [-0.4, -0.2) is 61.5 Å². The van der Waals surface area contributed by atoms with Crippen LogP contribution in [0.3, 0.4) is 0 Å². The minimum absolute atomic E-state index is 0.0632. The van der Waals surface area contributed by atoms with Gasteiger partial charge in [0.05, 0.1) is 17.8 Å². The molecule has 0 radical (unpaired) electrons. The molecule has 0 amide bonds. The summed E-state index contributed by atoms with van der Waals surface area (Å²) in [5.41, 5.74) is 0.171. The van der Waals surface area contributed by atoms with Crippen LogP contribution in [0.1, 0.15) is 47.0 Å². The SMILES string of the molecule is CC1(C)CN(CC2(CNC3CC3)CCOC2)CC(C)(C)O1. The quantitative estimate of drug-likeness (QED) is 0.842. The van der Waals surface area contributed by atoms with E-state index in [0.717, 1.165) is 45.4 Å². The van der Waals surface area contributed by atoms with E-state index in [1.165, 1.54) is 19.3 Å². The van der Waals surface area contributed by atoms with E-state index in [1.54, 1.807) is 0 Å². The van der Waals surface area contributed by atoms with E-state index in [4.69, 9.17) is 9.47 Å². The Hall–Kier alpha value is -0.160. The first-order valence-electron chi connectivity index (χ1n) is 8.51. The van der Waals surface area contributed by atoms with Gasteiger partial charge in [-0.25, -0.2) is 0 Å². The van der Waals surface area contributed by atoms with Gasteiger partial charge in [0.15, 0.2) is 0 Å². The van der Waals surface area contributed by atoms with Gasteiger partial charge in [-0.3, -0.25) is 4.90 Å². The number of morpholine rings is 1. The van der Waals surface area contributed by atoms with Crippen LogP contribution >= 0.6 is 0 Å². The molecule has 0 spiro atoms. The minimum atomic E-state index is -0.0632. The standard InChI is InChI=1S/C17H32N2O2/c1-15(2)10-19(11-16(3,4)21-15)12-17(7-8-20-13-17)9-18-14-5-6-14/h14,18H,5-13H2,1-4H3. The molecule has 21 heavy (non-hydrogen) atoms. The molecule has 1 N–H and O–H groups in total. The van der Waals surface area contributed by atoms with Gasteiger partial charge in [-0.05, 0) is 47.0 Å². The Bertz CT molecular complexity index is 355. The average molecular weight is 296 g/mol. The summed E-state index contributed by atoms with van der Waals surface area (Å²) in [5, 5.41) is 3.73. The molecule has 1 saturated carbocycles. The maximum atomic E-state index is 6.21. The Morgan fingerprint density at radius 2 is 1.76 bits per heavy atom. The van der Waals surface area contributed by atoms with Crippen LogP contribution in [0.5, 0.6) is 0 Å². The molecule has 0 aromatic carbocycles. The molecule has 2 heterocycles. The van der Waals surface area contributed by atoms with Crippen LogP contribution < -0.4 is 5.32 Å². The number of nitrogens with one attached hydrogen (secondary N) is 1. The van der Waals surface area contributed by atoms with Crippen molar-refractivity contribution < 1.29 is 9.47 Å². The zero-order valence-corrected chi connectivity index (χ0v) is 14.2. The summed E-state index contributed by atoms with van der Waals surface area (Å²) in [5.74, 6) is 0. The second kappa shape index (κ2) is 5.48. The molecule has 4 heteroatoms. The third-order valence-electron chi connectivity index (χ3n) is 4.85. The first-order valence-corrected chi connectivity index (χ1v) is 8.51. The van der Waals surface area contributed by atoms with Gasteiger partial charge >= 0.3 is 0 Å². The van der Waals surface area contributed by atoms with Gasteiger partial charge in [0.1, 0.15) is 0 Å². The summed E-state index contributed by atoms with van der Waals surface area (Å²) in [6.45, 7) is 14.9. The highest BCUT2D eigenvalue weighted by atomic mass is 16.5. The normalized spacial score (nSPS) is 36.0. The van der Waals surface area contributed by atoms with E-state index in [1.807, 2.05) is 0 Å². The molecule has 3 aliphatic rings. The van der Waals surface area contributed by atoms with Crippen molar-refractivity contribution in [3.8, 4) is 0 Å². The van der Waals surface area contributed by atoms with E-state index in [0.29, 0.717) is 5.41 Å². The van der Waals surface area contributed by atoms with E-state index in [-0.39, 0.29) is 11.2 Å². The monoisotopic (exact) mass is 296 g/mol. The van der Waals surface area contributed by atoms with Crippen LogP contribution in [0.4, 0.5) is 0 Å². The Labute approximate surface area is 129 Å². The van der Waals surface area contributed by atoms with Gasteiger partial charge in [0.2, 0.25) is 0 Å². The summed E-state index contributed by atoms with van der Waals surface area (Å²) < 4.78 is 12.0. The maximum Gasteiger partial charge on any atom is 0.0760 e. The summed E-state index contributed by atoms with van der Waals surface area (Å²) in [6, 6.07) is 0.778. The summed E-state index contributed by atoms with van der Waals surface area (Å²) >= 11 is 0. The number of hydrogen-bond donors (Lipinski definition) is 1. The van der Waals surface area contributed by atoms with E-state index < -0.39 is 0 Å². The van der Waals surface area contributed by atoms with Crippen molar-refractivity contribution in [3.05, 3.63) is 0 Å². The molecule has 1 aliphatic carbocycles. The molecular weight excluding hydrogens is 264 g/mol. The van der Waals surface area contributed by atoms with Crippen LogP contribution in [0.25, 0.3) is 0 Å². The van der Waals surface area contributed by atoms with E-state index in [2.05, 4.69) is 37.9 Å². The molecule has 1 unspecified atom stereocenters. The fourth-order valence-corrected chi connectivity index (χ4v) is 4.15. The lowest BCUT2D eigenvalue weighted by Crippen LogP contribution is -2.59. The largest absolute Gasteiger partial charge is 0.381 e. The third-order valence-corrected chi connectivity index (χ3v) is 4.85. The van der Waals surface area contributed by atoms with Crippen LogP contribution in [0.2, 0.25) is 0 Å². The molecule has 0 bridgehead atoms. The Balaban J connectivity index is 1.64. The van der Waals surface area contributed by atoms with Gasteiger partial charge in [-0.2, -0.15) is 0 Å². The summed E-state index contributed by atoms with van der Waals surface area (Å²) in [6.07, 6.45) is 3.90. The average Bonchev–Trinajstić information content (AvgIpc) is 3.04. The fourth-order valence-electron chi connectivity index (χ4n) is 4.15. The Morgan fingerprint density at radius 3 is 2.29 bits per heavy atom. The highest BCUT2D eigenvalue weighted by Gasteiger charge is 2.43. The lowest BCUT2D eigenvalue weighted by atomic mass is 9.85. The number of nitrogens with zero attached hydrogens (tertiary/aromatic N) is 1. The third kappa shape index (κ3) is 4.19. The Kier molecular flexibility index (Phi) is 4.11. The van der Waals surface area contributed by atoms with Crippen molar-refractivity contribution >= 4 is 0 Å². The predicted molar refractivity (Wildman–Crippen MR) is 84.6 cm³/mol. The lowest BCUT2D eigenvalue weighted by molar-refractivity contribution is -0.184. The summed E-state index contributed by atoms with van der Waals surface area (Å²) in [4.78, 5) is 2.60. The molecule has 2 aliphatic heterocycles. The topological polar surface area (TPSA) is 33.7 Å². The molecule has 2 saturated heterocycles. The van der Waals surface area contributed by atoms with Gasteiger partial charge in [0, 0.05) is 44.2 Å². The van der Waals surface area contributed by atoms with Crippen molar-refractivity contribution in [1.82, 2.24) is 10.2 Å². The van der Waals surface area contributed by atoms with Crippen molar-refractivity contribution in [1.29, 1.82) is 0 Å². The first-order chi connectivity index (χ1) is 9.78. The van der Waals surface area contributed by atoms with Crippen molar-refractivity contribution in [2.45, 2.75) is 64.2 Å². The molecule has 1 atom stereocenters. The second-order valence-electron chi connectivity index (χ2n) is 8.72. The zero-order valence-electron chi connectivity index (χ0n) is 14.2. The molecular formula is C17H32N2O2. The van der Waals surface area contributed by atoms with Crippen molar-refractivity contribution in [2.75, 3.05) is 39.4 Å². The van der Waals surface area contributed by atoms with Crippen molar-refractivity contribution in [2.24, 2.45) is 5.41 Å². The number of hydrogen-bond acceptors (Lipinski definition) is 4. The Morgan fingerprint density at radius 1 is 1.10 bits per heavy atom. The van der Waals surface area contributed by atoms with Crippen molar-refractivity contribution in [3.63, 3.8) is 0 Å². The molecule has 0 aromatic rings. The molecule has 4 nitrogen and oxygen atoms in total. The van der Waals surface area contributed by atoms with E-state index >= 15 is 0 Å². The highest BCUT2D eigenvalue weighted by molar-refractivity contribution is 4.96. The summed E-state index contributed by atoms with van der Waals surface area (Å²) in [7, 11) is 0. The first kappa shape index (κ1) is 15.7. The van der Waals surface area contributed by atoms with Crippen LogP contribution in [-0.2, 0) is 9.47 Å². The second-order valence-corrected chi connectivity index (χ2v) is 8.72. The van der Waals surface area contributed by atoms with Gasteiger partial charge in [-0.15, -0.1) is 0 Å². The smallest absolute Gasteiger partial charge is 0.0760 e. The molecule has 3 fully saturated rings. The number of rotatable bonds is 5.